The highest BCUT2D eigenvalue weighted by Crippen LogP contribution is 2.48. The van der Waals surface area contributed by atoms with Crippen LogP contribution in [0.3, 0.4) is 0 Å². The van der Waals surface area contributed by atoms with Crippen molar-refractivity contribution in [1.29, 1.82) is 0 Å². The molecule has 0 spiro atoms. The third kappa shape index (κ3) is 7.60. The number of epoxide rings is 1. The molecule has 5 atom stereocenters. The predicted molar refractivity (Wildman–Crippen MR) is 189 cm³/mol. The van der Waals surface area contributed by atoms with Crippen LogP contribution < -0.4 is 10.6 Å². The summed E-state index contributed by atoms with van der Waals surface area (Å²) in [5.41, 5.74) is 5.01. The van der Waals surface area contributed by atoms with Gasteiger partial charge in [-0.3, -0.25) is 15.0 Å². The molecule has 250 valence electrons. The topological polar surface area (TPSA) is 92.4 Å². The summed E-state index contributed by atoms with van der Waals surface area (Å²) < 4.78 is 18.1. The normalized spacial score (nSPS) is 23.6. The summed E-state index contributed by atoms with van der Waals surface area (Å²) in [6, 6.07) is 22.0. The van der Waals surface area contributed by atoms with E-state index in [2.05, 4.69) is 56.4 Å². The predicted octanol–water partition coefficient (Wildman–Crippen LogP) is 8.26. The van der Waals surface area contributed by atoms with Gasteiger partial charge in [0, 0.05) is 47.6 Å². The van der Waals surface area contributed by atoms with Gasteiger partial charge in [-0.15, -0.1) is 0 Å². The number of anilines is 2. The zero-order chi connectivity index (χ0) is 33.5. The van der Waals surface area contributed by atoms with Gasteiger partial charge in [-0.05, 0) is 66.5 Å². The van der Waals surface area contributed by atoms with Crippen LogP contribution >= 0.6 is 11.6 Å². The van der Waals surface area contributed by atoms with Gasteiger partial charge < -0.3 is 19.2 Å². The molecule has 0 aliphatic carbocycles. The van der Waals surface area contributed by atoms with Gasteiger partial charge in [0.15, 0.2) is 8.32 Å². The molecule has 0 unspecified atom stereocenters. The molecule has 3 aliphatic rings. The number of ether oxygens (including phenoxy) is 2. The Morgan fingerprint density at radius 2 is 1.68 bits per heavy atom. The average molecular weight is 676 g/mol. The Morgan fingerprint density at radius 3 is 2.34 bits per heavy atom. The minimum Gasteiger partial charge on any atom is -0.446 e. The second-order valence-electron chi connectivity index (χ2n) is 14.6. The fraction of sp³-hybridized carbons (Fsp3) is 0.459. The number of morpholine rings is 1. The van der Waals surface area contributed by atoms with Crippen molar-refractivity contribution in [3.63, 3.8) is 0 Å². The third-order valence-electron chi connectivity index (χ3n) is 10.4. The number of piperidine rings is 1. The van der Waals surface area contributed by atoms with Crippen LogP contribution in [0.5, 0.6) is 0 Å². The lowest BCUT2D eigenvalue weighted by atomic mass is 9.99. The summed E-state index contributed by atoms with van der Waals surface area (Å²) in [6.07, 6.45) is 2.28. The van der Waals surface area contributed by atoms with Gasteiger partial charge in [-0.1, -0.05) is 80.9 Å². The largest absolute Gasteiger partial charge is 0.446 e. The summed E-state index contributed by atoms with van der Waals surface area (Å²) in [6.45, 7) is 11.5. The molecule has 3 saturated heterocycles. The van der Waals surface area contributed by atoms with Crippen molar-refractivity contribution in [2.24, 2.45) is 0 Å². The zero-order valence-electron chi connectivity index (χ0n) is 28.1. The van der Waals surface area contributed by atoms with E-state index in [9.17, 15) is 9.59 Å². The van der Waals surface area contributed by atoms with Gasteiger partial charge in [0.1, 0.15) is 18.3 Å². The summed E-state index contributed by atoms with van der Waals surface area (Å²) in [4.78, 5) is 28.5. The van der Waals surface area contributed by atoms with Crippen LogP contribution in [-0.2, 0) is 31.7 Å². The Bertz CT molecular complexity index is 1610. The van der Waals surface area contributed by atoms with E-state index in [1.54, 1.807) is 6.07 Å². The van der Waals surface area contributed by atoms with Gasteiger partial charge in [0.25, 0.3) is 0 Å². The quantitative estimate of drug-likeness (QED) is 0.166. The first-order valence-corrected chi connectivity index (χ1v) is 19.8. The Morgan fingerprint density at radius 1 is 0.979 bits per heavy atom. The minimum absolute atomic E-state index is 0.109. The van der Waals surface area contributed by atoms with E-state index in [-0.39, 0.29) is 35.7 Å². The number of likely N-dealkylation sites (N-methyl/N-ethyl adjacent to an activating group) is 1. The molecule has 47 heavy (non-hydrogen) atoms. The van der Waals surface area contributed by atoms with E-state index in [4.69, 9.17) is 25.5 Å². The molecule has 2 bridgehead atoms. The van der Waals surface area contributed by atoms with Gasteiger partial charge in [-0.25, -0.2) is 4.79 Å². The Balaban J connectivity index is 1.07. The molecule has 0 saturated carbocycles. The number of hydrogen-bond acceptors (Lipinski definition) is 6. The highest BCUT2D eigenvalue weighted by Gasteiger charge is 2.62. The lowest BCUT2D eigenvalue weighted by Crippen LogP contribution is -2.48. The maximum Gasteiger partial charge on any atom is 0.411 e. The van der Waals surface area contributed by atoms with E-state index < -0.39 is 14.4 Å². The highest BCUT2D eigenvalue weighted by molar-refractivity contribution is 6.74. The standard InChI is InChI=1S/C37H46ClN3O5Si/c1-37(2,3)47(5,6)44-22-25-14-15-26(19-29(25)38)39-33(42)17-13-23-12-16-28(24-10-8-7-9-11-24)30(18-23)40-36(43)45-27-20-31-34-35(46-34)32(21-27)41(31)4/h7-12,14-16,18-19,27,31-32,34-35H,13,17,20-22H2,1-6H3,(H,39,42)(H,40,43)/t27-,31-,32+,34-,35+. The van der Waals surface area contributed by atoms with E-state index in [0.29, 0.717) is 41.5 Å². The van der Waals surface area contributed by atoms with Crippen LogP contribution in [0.1, 0.15) is 51.2 Å². The number of nitrogens with one attached hydrogen (secondary N) is 2. The Kier molecular flexibility index (Phi) is 9.57. The molecule has 3 fully saturated rings. The van der Waals surface area contributed by atoms with Crippen molar-refractivity contribution in [2.75, 3.05) is 17.7 Å². The molecule has 2 N–H and O–H groups in total. The number of benzene rings is 3. The van der Waals surface area contributed by atoms with Gasteiger partial charge in [0.05, 0.1) is 12.3 Å². The number of aryl methyl sites for hydroxylation is 1. The lowest BCUT2D eigenvalue weighted by Gasteiger charge is -2.37. The van der Waals surface area contributed by atoms with E-state index in [0.717, 1.165) is 35.1 Å². The van der Waals surface area contributed by atoms with Crippen LogP contribution in [0.15, 0.2) is 66.7 Å². The Hall–Kier alpha value is -3.21. The maximum absolute atomic E-state index is 13.2. The molecule has 8 nitrogen and oxygen atoms in total. The summed E-state index contributed by atoms with van der Waals surface area (Å²) >= 11 is 6.58. The van der Waals surface area contributed by atoms with Crippen LogP contribution in [0.25, 0.3) is 11.1 Å². The monoisotopic (exact) mass is 675 g/mol. The van der Waals surface area contributed by atoms with Gasteiger partial charge >= 0.3 is 6.09 Å². The van der Waals surface area contributed by atoms with Crippen LogP contribution in [0.2, 0.25) is 23.2 Å². The van der Waals surface area contributed by atoms with E-state index in [1.807, 2.05) is 60.7 Å². The first-order chi connectivity index (χ1) is 22.3. The van der Waals surface area contributed by atoms with Crippen LogP contribution in [0.4, 0.5) is 16.2 Å². The number of halogens is 1. The summed E-state index contributed by atoms with van der Waals surface area (Å²) in [5.74, 6) is -0.119. The number of amides is 2. The molecule has 2 amide bonds. The SMILES string of the molecule is CN1[C@@H]2C[C@@H](OC(=O)Nc3cc(CCC(=O)Nc4ccc(CO[Si](C)(C)C(C)(C)C)c(Cl)c4)ccc3-c3ccccc3)C[C@H]1[C@@H]1O[C@@H]12. The van der Waals surface area contributed by atoms with E-state index >= 15 is 0 Å². The van der Waals surface area contributed by atoms with Crippen molar-refractivity contribution in [2.45, 2.75) is 102 Å². The first kappa shape index (κ1) is 33.7. The molecular formula is C37H46ClN3O5Si. The molecule has 3 aromatic carbocycles. The van der Waals surface area contributed by atoms with Crippen LogP contribution in [0, 0.1) is 0 Å². The third-order valence-corrected chi connectivity index (χ3v) is 15.3. The first-order valence-electron chi connectivity index (χ1n) is 16.5. The van der Waals surface area contributed by atoms with E-state index in [1.165, 1.54) is 0 Å². The molecule has 0 radical (unpaired) electrons. The van der Waals surface area contributed by atoms with Crippen molar-refractivity contribution in [3.05, 3.63) is 82.9 Å². The molecule has 3 aromatic rings. The average Bonchev–Trinajstić information content (AvgIpc) is 3.78. The number of carbonyl (C=O) groups excluding carboxylic acids is 2. The number of carbonyl (C=O) groups is 2. The molecule has 6 rings (SSSR count). The number of rotatable bonds is 10. The fourth-order valence-corrected chi connectivity index (χ4v) is 7.69. The Labute approximate surface area is 284 Å². The zero-order valence-corrected chi connectivity index (χ0v) is 29.9. The second-order valence-corrected chi connectivity index (χ2v) is 19.9. The smallest absolute Gasteiger partial charge is 0.411 e. The lowest BCUT2D eigenvalue weighted by molar-refractivity contribution is -0.116. The van der Waals surface area contributed by atoms with Gasteiger partial charge in [0.2, 0.25) is 5.91 Å². The van der Waals surface area contributed by atoms with Crippen molar-refractivity contribution in [3.8, 4) is 11.1 Å². The summed E-state index contributed by atoms with van der Waals surface area (Å²) in [7, 11) is 0.225. The molecule has 0 aromatic heterocycles. The van der Waals surface area contributed by atoms with Gasteiger partial charge in [-0.2, -0.15) is 0 Å². The molecular weight excluding hydrogens is 630 g/mol. The molecule has 3 aliphatic heterocycles. The summed E-state index contributed by atoms with van der Waals surface area (Å²) in [5, 5.41) is 6.67. The molecule has 3 heterocycles. The fourth-order valence-electron chi connectivity index (χ4n) is 6.51. The highest BCUT2D eigenvalue weighted by atomic mass is 35.5. The van der Waals surface area contributed by atoms with Crippen molar-refractivity contribution in [1.82, 2.24) is 4.90 Å². The number of fused-ring (bicyclic) bond motifs is 5. The molecule has 10 heteroatoms. The maximum atomic E-state index is 13.2. The van der Waals surface area contributed by atoms with Crippen LogP contribution in [-0.4, -0.2) is 62.7 Å². The number of hydrogen-bond donors (Lipinski definition) is 2. The van der Waals surface area contributed by atoms with Crippen molar-refractivity contribution < 1.29 is 23.5 Å². The second kappa shape index (κ2) is 13.4. The number of nitrogens with zero attached hydrogens (tertiary/aromatic N) is 1. The van der Waals surface area contributed by atoms with Crippen molar-refractivity contribution >= 4 is 43.3 Å². The minimum atomic E-state index is -1.91.